The maximum absolute atomic E-state index is 10.9. The highest BCUT2D eigenvalue weighted by molar-refractivity contribution is 7.99. The van der Waals surface area contributed by atoms with Crippen molar-refractivity contribution in [3.8, 4) is 11.4 Å². The first-order valence-corrected chi connectivity index (χ1v) is 7.53. The van der Waals surface area contributed by atoms with Crippen molar-refractivity contribution in [2.45, 2.75) is 11.2 Å². The number of cyclic esters (lactones) is 1. The molecule has 3 rings (SSSR count). The molecular weight excluding hydrogens is 314 g/mol. The van der Waals surface area contributed by atoms with E-state index in [1.54, 1.807) is 6.07 Å². The van der Waals surface area contributed by atoms with Crippen LogP contribution in [0, 0.1) is 0 Å². The summed E-state index contributed by atoms with van der Waals surface area (Å²) in [7, 11) is 0. The minimum Gasteiger partial charge on any atom is -0.447 e. The van der Waals surface area contributed by atoms with Gasteiger partial charge in [-0.2, -0.15) is 0 Å². The van der Waals surface area contributed by atoms with Crippen molar-refractivity contribution in [1.29, 1.82) is 0 Å². The highest BCUT2D eigenvalue weighted by Gasteiger charge is 2.23. The fourth-order valence-electron chi connectivity index (χ4n) is 1.89. The molecule has 1 aromatic carbocycles. The number of rotatable bonds is 4. The van der Waals surface area contributed by atoms with Crippen molar-refractivity contribution in [1.82, 2.24) is 20.2 Å². The Morgan fingerprint density at radius 3 is 3.00 bits per heavy atom. The number of thioether (sulfide) groups is 1. The van der Waals surface area contributed by atoms with Crippen LogP contribution in [-0.2, 0) is 4.74 Å². The first-order valence-electron chi connectivity index (χ1n) is 6.16. The molecule has 1 saturated heterocycles. The zero-order chi connectivity index (χ0) is 14.8. The summed E-state index contributed by atoms with van der Waals surface area (Å²) in [5.41, 5.74) is 0.721. The van der Waals surface area contributed by atoms with Crippen LogP contribution in [0.25, 0.3) is 11.4 Å². The lowest BCUT2D eigenvalue weighted by molar-refractivity contribution is 0.177. The Balaban J connectivity index is 1.74. The van der Waals surface area contributed by atoms with Gasteiger partial charge in [0.1, 0.15) is 6.61 Å². The third-order valence-corrected chi connectivity index (χ3v) is 4.37. The summed E-state index contributed by atoms with van der Waals surface area (Å²) < 4.78 is 6.21. The van der Waals surface area contributed by atoms with Gasteiger partial charge in [0.25, 0.3) is 0 Å². The van der Waals surface area contributed by atoms with Gasteiger partial charge >= 0.3 is 6.09 Å². The summed E-state index contributed by atoms with van der Waals surface area (Å²) in [4.78, 5) is 10.9. The number of halogens is 1. The number of hydrogen-bond acceptors (Lipinski definition) is 6. The molecule has 0 saturated carbocycles. The summed E-state index contributed by atoms with van der Waals surface area (Å²) >= 11 is 7.52. The van der Waals surface area contributed by atoms with Crippen LogP contribution in [0.3, 0.4) is 0 Å². The molecule has 1 amide bonds. The average molecular weight is 326 g/mol. The van der Waals surface area contributed by atoms with Crippen LogP contribution in [0.5, 0.6) is 0 Å². The number of amides is 1. The summed E-state index contributed by atoms with van der Waals surface area (Å²) in [5, 5.41) is 11.9. The fourth-order valence-corrected chi connectivity index (χ4v) is 2.97. The van der Waals surface area contributed by atoms with E-state index in [1.807, 2.05) is 18.2 Å². The van der Waals surface area contributed by atoms with Crippen LogP contribution in [0.15, 0.2) is 29.4 Å². The van der Waals surface area contributed by atoms with Crippen LogP contribution in [0.2, 0.25) is 5.02 Å². The van der Waals surface area contributed by atoms with Crippen LogP contribution >= 0.6 is 23.4 Å². The summed E-state index contributed by atoms with van der Waals surface area (Å²) in [6, 6.07) is 7.23. The summed E-state index contributed by atoms with van der Waals surface area (Å²) in [6.07, 6.45) is -0.397. The molecule has 2 heterocycles. The Labute approximate surface area is 129 Å². The number of ether oxygens (including phenoxy) is 1. The topological polar surface area (TPSA) is 95.1 Å². The average Bonchev–Trinajstić information content (AvgIpc) is 3.04. The molecule has 2 aromatic rings. The molecule has 1 aliphatic heterocycles. The molecule has 3 N–H and O–H groups in total. The first-order chi connectivity index (χ1) is 10.1. The van der Waals surface area contributed by atoms with E-state index in [0.717, 1.165) is 5.56 Å². The van der Waals surface area contributed by atoms with Gasteiger partial charge in [-0.05, 0) is 12.1 Å². The molecule has 1 atom stereocenters. The highest BCUT2D eigenvalue weighted by atomic mass is 35.5. The minimum atomic E-state index is -0.397. The third-order valence-electron chi connectivity index (χ3n) is 2.93. The number of aromatic nitrogens is 3. The molecule has 0 aliphatic carbocycles. The molecule has 7 nitrogen and oxygen atoms in total. The van der Waals surface area contributed by atoms with Gasteiger partial charge in [0.05, 0.1) is 11.1 Å². The molecule has 0 spiro atoms. The second kappa shape index (κ2) is 5.82. The molecule has 110 valence electrons. The van der Waals surface area contributed by atoms with E-state index in [2.05, 4.69) is 15.5 Å². The number of carbonyl (C=O) groups excluding carboxylic acids is 1. The number of nitrogen functional groups attached to an aromatic ring is 1. The predicted octanol–water partition coefficient (Wildman–Crippen LogP) is 1.51. The molecule has 1 aromatic heterocycles. The van der Waals surface area contributed by atoms with Gasteiger partial charge in [-0.1, -0.05) is 35.5 Å². The standard InChI is InChI=1S/C12H12ClN5O2S/c13-9-4-2-1-3-8(9)10-16-17-11(18(10)14)21-6-7-5-20-12(19)15-7/h1-4,7H,5-6,14H2,(H,15,19). The van der Waals surface area contributed by atoms with Gasteiger partial charge in [-0.25, -0.2) is 9.47 Å². The monoisotopic (exact) mass is 325 g/mol. The lowest BCUT2D eigenvalue weighted by atomic mass is 10.2. The van der Waals surface area contributed by atoms with Gasteiger partial charge in [0.15, 0.2) is 5.82 Å². The SMILES string of the molecule is Nn1c(SCC2COC(=O)N2)nnc1-c1ccccc1Cl. The van der Waals surface area contributed by atoms with Crippen LogP contribution in [-0.4, -0.2) is 39.4 Å². The maximum atomic E-state index is 10.9. The Morgan fingerprint density at radius 1 is 1.48 bits per heavy atom. The Morgan fingerprint density at radius 2 is 2.29 bits per heavy atom. The fraction of sp³-hybridized carbons (Fsp3) is 0.250. The summed E-state index contributed by atoms with van der Waals surface area (Å²) in [6.45, 7) is 0.349. The highest BCUT2D eigenvalue weighted by Crippen LogP contribution is 2.27. The minimum absolute atomic E-state index is 0.0528. The second-order valence-corrected chi connectivity index (χ2v) is 5.80. The maximum Gasteiger partial charge on any atom is 0.407 e. The Kier molecular flexibility index (Phi) is 3.89. The van der Waals surface area contributed by atoms with Gasteiger partial charge in [0.2, 0.25) is 5.16 Å². The molecule has 9 heteroatoms. The van der Waals surface area contributed by atoms with Crippen molar-refractivity contribution in [3.05, 3.63) is 29.3 Å². The smallest absolute Gasteiger partial charge is 0.407 e. The van der Waals surface area contributed by atoms with E-state index in [0.29, 0.717) is 28.4 Å². The Bertz CT molecular complexity index is 677. The summed E-state index contributed by atoms with van der Waals surface area (Å²) in [5.74, 6) is 7.11. The van der Waals surface area contributed by atoms with E-state index in [4.69, 9.17) is 22.2 Å². The van der Waals surface area contributed by atoms with Crippen molar-refractivity contribution in [2.24, 2.45) is 0 Å². The number of hydrogen-bond donors (Lipinski definition) is 2. The van der Waals surface area contributed by atoms with Gasteiger partial charge in [-0.3, -0.25) is 0 Å². The molecule has 0 radical (unpaired) electrons. The quantitative estimate of drug-likeness (QED) is 0.653. The van der Waals surface area contributed by atoms with E-state index in [9.17, 15) is 4.79 Å². The van der Waals surface area contributed by atoms with Crippen molar-refractivity contribution in [3.63, 3.8) is 0 Å². The van der Waals surface area contributed by atoms with Crippen LogP contribution < -0.4 is 11.2 Å². The van der Waals surface area contributed by atoms with Crippen molar-refractivity contribution >= 4 is 29.5 Å². The normalized spacial score (nSPS) is 17.6. The number of nitrogens with zero attached hydrogens (tertiary/aromatic N) is 3. The largest absolute Gasteiger partial charge is 0.447 e. The van der Waals surface area contributed by atoms with Gasteiger partial charge in [0, 0.05) is 11.3 Å². The third kappa shape index (κ3) is 2.91. The van der Waals surface area contributed by atoms with Gasteiger partial charge in [-0.15, -0.1) is 10.2 Å². The lowest BCUT2D eigenvalue weighted by Gasteiger charge is -2.07. The lowest BCUT2D eigenvalue weighted by Crippen LogP contribution is -2.28. The molecule has 0 bridgehead atoms. The second-order valence-electron chi connectivity index (χ2n) is 4.41. The van der Waals surface area contributed by atoms with Crippen molar-refractivity contribution < 1.29 is 9.53 Å². The predicted molar refractivity (Wildman–Crippen MR) is 79.6 cm³/mol. The number of benzene rings is 1. The number of nitrogens with two attached hydrogens (primary N) is 1. The van der Waals surface area contributed by atoms with Crippen molar-refractivity contribution in [2.75, 3.05) is 18.2 Å². The van der Waals surface area contributed by atoms with Crippen LogP contribution in [0.1, 0.15) is 0 Å². The molecule has 1 fully saturated rings. The number of alkyl carbamates (subject to hydrolysis) is 1. The number of carbonyl (C=O) groups is 1. The molecule has 1 unspecified atom stereocenters. The van der Waals surface area contributed by atoms with E-state index in [1.165, 1.54) is 16.4 Å². The molecule has 1 aliphatic rings. The van der Waals surface area contributed by atoms with E-state index in [-0.39, 0.29) is 6.04 Å². The molecular formula is C12H12ClN5O2S. The van der Waals surface area contributed by atoms with E-state index < -0.39 is 6.09 Å². The number of nitrogens with one attached hydrogen (secondary N) is 1. The molecule has 21 heavy (non-hydrogen) atoms. The zero-order valence-corrected chi connectivity index (χ0v) is 12.4. The zero-order valence-electron chi connectivity index (χ0n) is 10.8. The first kappa shape index (κ1) is 14.0. The van der Waals surface area contributed by atoms with Gasteiger partial charge < -0.3 is 15.9 Å². The van der Waals surface area contributed by atoms with Crippen LogP contribution in [0.4, 0.5) is 4.79 Å². The Hall–Kier alpha value is -1.93. The van der Waals surface area contributed by atoms with E-state index >= 15 is 0 Å².